The van der Waals surface area contributed by atoms with Gasteiger partial charge in [-0.15, -0.1) is 11.3 Å². The van der Waals surface area contributed by atoms with Gasteiger partial charge in [-0.1, -0.05) is 6.07 Å². The van der Waals surface area contributed by atoms with Crippen molar-refractivity contribution in [2.45, 2.75) is 24.7 Å². The zero-order chi connectivity index (χ0) is 10.8. The highest BCUT2D eigenvalue weighted by molar-refractivity contribution is 7.10. The average molecular weight is 229 g/mol. The quantitative estimate of drug-likeness (QED) is 0.611. The highest BCUT2D eigenvalue weighted by Crippen LogP contribution is 2.33. The monoisotopic (exact) mass is 229 g/mol. The molecule has 0 unspecified atom stereocenters. The molecule has 82 valence electrons. The van der Waals surface area contributed by atoms with Crippen molar-refractivity contribution in [3.05, 3.63) is 32.5 Å². The highest BCUT2D eigenvalue weighted by Gasteiger charge is 2.39. The van der Waals surface area contributed by atoms with Crippen molar-refractivity contribution in [2.75, 3.05) is 6.61 Å². The van der Waals surface area contributed by atoms with Crippen molar-refractivity contribution in [3.63, 3.8) is 0 Å². The summed E-state index contributed by atoms with van der Waals surface area (Å²) in [7, 11) is 0. The van der Waals surface area contributed by atoms with Gasteiger partial charge in [-0.05, 0) is 11.4 Å². The van der Waals surface area contributed by atoms with E-state index in [0.29, 0.717) is 6.42 Å². The standard InChI is InChI=1S/C9H11NO4S/c11-9-4-6(8-2-1-3-15-8)7(5-14-9)10(12)13/h1-3,6-7,9,11H,4-5H2/t6-,7-,9-/m1/s1. The number of aliphatic hydroxyl groups is 1. The summed E-state index contributed by atoms with van der Waals surface area (Å²) >= 11 is 1.48. The maximum atomic E-state index is 10.8. The second-order valence-corrected chi connectivity index (χ2v) is 4.48. The van der Waals surface area contributed by atoms with Crippen LogP contribution in [0.15, 0.2) is 17.5 Å². The lowest BCUT2D eigenvalue weighted by molar-refractivity contribution is -0.538. The van der Waals surface area contributed by atoms with E-state index in [1.54, 1.807) is 0 Å². The first-order valence-corrected chi connectivity index (χ1v) is 5.53. The predicted molar refractivity (Wildman–Crippen MR) is 54.4 cm³/mol. The van der Waals surface area contributed by atoms with Crippen molar-refractivity contribution < 1.29 is 14.8 Å². The number of nitro groups is 1. The summed E-state index contributed by atoms with van der Waals surface area (Å²) in [6.45, 7) is -0.0171. The minimum absolute atomic E-state index is 0.0171. The molecule has 1 aliphatic rings. The number of hydrogen-bond acceptors (Lipinski definition) is 5. The number of aliphatic hydroxyl groups excluding tert-OH is 1. The van der Waals surface area contributed by atoms with E-state index in [9.17, 15) is 15.2 Å². The van der Waals surface area contributed by atoms with E-state index < -0.39 is 12.3 Å². The molecule has 6 heteroatoms. The molecule has 1 saturated heterocycles. The molecule has 2 heterocycles. The van der Waals surface area contributed by atoms with Crippen LogP contribution in [0.25, 0.3) is 0 Å². The minimum Gasteiger partial charge on any atom is -0.368 e. The molecule has 0 bridgehead atoms. The van der Waals surface area contributed by atoms with E-state index >= 15 is 0 Å². The smallest absolute Gasteiger partial charge is 0.243 e. The third kappa shape index (κ3) is 2.17. The number of thiophene rings is 1. The molecule has 0 aliphatic carbocycles. The summed E-state index contributed by atoms with van der Waals surface area (Å²) in [5.74, 6) is -0.233. The van der Waals surface area contributed by atoms with Gasteiger partial charge in [-0.2, -0.15) is 0 Å². The van der Waals surface area contributed by atoms with E-state index in [2.05, 4.69) is 0 Å². The van der Waals surface area contributed by atoms with Gasteiger partial charge in [0.2, 0.25) is 6.04 Å². The molecule has 1 aliphatic heterocycles. The van der Waals surface area contributed by atoms with Gasteiger partial charge in [0, 0.05) is 16.2 Å². The molecule has 0 spiro atoms. The fraction of sp³-hybridized carbons (Fsp3) is 0.556. The SMILES string of the molecule is O=[N+]([O-])[C@@H]1CO[C@@H](O)C[C@H]1c1cccs1. The van der Waals surface area contributed by atoms with Gasteiger partial charge in [0.15, 0.2) is 6.29 Å². The molecule has 0 aromatic carbocycles. The summed E-state index contributed by atoms with van der Waals surface area (Å²) in [5, 5.41) is 22.0. The van der Waals surface area contributed by atoms with Crippen LogP contribution in [0.5, 0.6) is 0 Å². The minimum atomic E-state index is -0.881. The summed E-state index contributed by atoms with van der Waals surface area (Å²) in [4.78, 5) is 11.4. The average Bonchev–Trinajstić information content (AvgIpc) is 2.69. The Kier molecular flexibility index (Phi) is 2.99. The summed E-state index contributed by atoms with van der Waals surface area (Å²) in [5.41, 5.74) is 0. The first-order chi connectivity index (χ1) is 7.18. The fourth-order valence-electron chi connectivity index (χ4n) is 1.78. The topological polar surface area (TPSA) is 72.6 Å². The van der Waals surface area contributed by atoms with Gasteiger partial charge in [-0.3, -0.25) is 10.1 Å². The molecule has 5 nitrogen and oxygen atoms in total. The molecular weight excluding hydrogens is 218 g/mol. The Morgan fingerprint density at radius 1 is 1.67 bits per heavy atom. The first kappa shape index (κ1) is 10.5. The molecule has 0 amide bonds. The van der Waals surface area contributed by atoms with Crippen LogP contribution in [0.4, 0.5) is 0 Å². The van der Waals surface area contributed by atoms with Gasteiger partial charge in [0.25, 0.3) is 0 Å². The number of ether oxygens (including phenoxy) is 1. The van der Waals surface area contributed by atoms with E-state index in [1.807, 2.05) is 17.5 Å². The van der Waals surface area contributed by atoms with Crippen molar-refractivity contribution in [1.82, 2.24) is 0 Å². The summed E-state index contributed by atoms with van der Waals surface area (Å²) < 4.78 is 4.90. The molecule has 1 aromatic rings. The van der Waals surface area contributed by atoms with E-state index in [0.717, 1.165) is 4.88 Å². The second-order valence-electron chi connectivity index (χ2n) is 3.50. The number of nitrogens with zero attached hydrogens (tertiary/aromatic N) is 1. The Balaban J connectivity index is 2.20. The van der Waals surface area contributed by atoms with Gasteiger partial charge in [-0.25, -0.2) is 0 Å². The summed E-state index contributed by atoms with van der Waals surface area (Å²) in [6.07, 6.45) is -0.583. The van der Waals surface area contributed by atoms with Gasteiger partial charge in [0.1, 0.15) is 6.61 Å². The zero-order valence-corrected chi connectivity index (χ0v) is 8.72. The molecule has 0 radical (unpaired) electrons. The molecule has 1 fully saturated rings. The van der Waals surface area contributed by atoms with Crippen LogP contribution in [-0.4, -0.2) is 29.0 Å². The molecule has 1 aromatic heterocycles. The Bertz CT molecular complexity index is 340. The van der Waals surface area contributed by atoms with Crippen LogP contribution in [0, 0.1) is 10.1 Å². The lowest BCUT2D eigenvalue weighted by Gasteiger charge is -2.28. The van der Waals surface area contributed by atoms with Crippen molar-refractivity contribution in [1.29, 1.82) is 0 Å². The van der Waals surface area contributed by atoms with Gasteiger partial charge in [0.05, 0.1) is 5.92 Å². The maximum Gasteiger partial charge on any atom is 0.243 e. The predicted octanol–water partition coefficient (Wildman–Crippen LogP) is 1.22. The Morgan fingerprint density at radius 2 is 2.47 bits per heavy atom. The maximum absolute atomic E-state index is 10.8. The number of rotatable bonds is 2. The fourth-order valence-corrected chi connectivity index (χ4v) is 2.68. The van der Waals surface area contributed by atoms with Crippen molar-refractivity contribution >= 4 is 11.3 Å². The third-order valence-electron chi connectivity index (χ3n) is 2.56. The van der Waals surface area contributed by atoms with Crippen molar-refractivity contribution in [2.24, 2.45) is 0 Å². The Labute approximate surface area is 90.5 Å². The molecular formula is C9H11NO4S. The highest BCUT2D eigenvalue weighted by atomic mass is 32.1. The van der Waals surface area contributed by atoms with E-state index in [1.165, 1.54) is 11.3 Å². The van der Waals surface area contributed by atoms with Crippen LogP contribution in [0.2, 0.25) is 0 Å². The Morgan fingerprint density at radius 3 is 3.07 bits per heavy atom. The molecule has 0 saturated carbocycles. The van der Waals surface area contributed by atoms with Crippen molar-refractivity contribution in [3.8, 4) is 0 Å². The lowest BCUT2D eigenvalue weighted by Crippen LogP contribution is -2.40. The molecule has 3 atom stereocenters. The lowest BCUT2D eigenvalue weighted by atomic mass is 9.93. The van der Waals surface area contributed by atoms with E-state index in [4.69, 9.17) is 4.74 Å². The summed E-state index contributed by atoms with van der Waals surface area (Å²) in [6, 6.07) is 2.98. The van der Waals surface area contributed by atoms with E-state index in [-0.39, 0.29) is 17.4 Å². The van der Waals surface area contributed by atoms with Gasteiger partial charge >= 0.3 is 0 Å². The van der Waals surface area contributed by atoms with Gasteiger partial charge < -0.3 is 9.84 Å². The normalized spacial score (nSPS) is 31.4. The largest absolute Gasteiger partial charge is 0.368 e. The third-order valence-corrected chi connectivity index (χ3v) is 3.56. The second kappa shape index (κ2) is 4.26. The van der Waals surface area contributed by atoms with Crippen LogP contribution >= 0.6 is 11.3 Å². The van der Waals surface area contributed by atoms with Crippen LogP contribution < -0.4 is 0 Å². The zero-order valence-electron chi connectivity index (χ0n) is 7.91. The van der Waals surface area contributed by atoms with Crippen LogP contribution in [0.3, 0.4) is 0 Å². The van der Waals surface area contributed by atoms with Crippen LogP contribution in [0.1, 0.15) is 17.2 Å². The number of hydrogen-bond donors (Lipinski definition) is 1. The molecule has 2 rings (SSSR count). The molecule has 1 N–H and O–H groups in total. The van der Waals surface area contributed by atoms with Crippen LogP contribution in [-0.2, 0) is 4.74 Å². The Hall–Kier alpha value is -0.980. The first-order valence-electron chi connectivity index (χ1n) is 4.65. The molecule has 15 heavy (non-hydrogen) atoms.